The van der Waals surface area contributed by atoms with Crippen LogP contribution >= 0.6 is 15.9 Å². The fourth-order valence-electron chi connectivity index (χ4n) is 1.83. The van der Waals surface area contributed by atoms with Crippen molar-refractivity contribution in [3.63, 3.8) is 0 Å². The van der Waals surface area contributed by atoms with Crippen molar-refractivity contribution in [3.8, 4) is 0 Å². The van der Waals surface area contributed by atoms with E-state index in [2.05, 4.69) is 22.5 Å². The topological polar surface area (TPSA) is 39.2 Å². The highest BCUT2D eigenvalue weighted by atomic mass is 79.9. The van der Waals surface area contributed by atoms with Crippen LogP contribution in [0.4, 0.5) is 0 Å². The Bertz CT molecular complexity index is 475. The standard InChI is InChI=1S/C14H14BrNO/c1-2-12(10-5-7-11(15)8-6-10)14(16)13-4-3-9-17-13/h2-9,12,14H,1,16H2/t12-,14-/m0/s1. The van der Waals surface area contributed by atoms with E-state index in [9.17, 15) is 0 Å². The molecule has 2 aromatic rings. The lowest BCUT2D eigenvalue weighted by molar-refractivity contribution is 0.448. The molecule has 3 heteroatoms. The maximum absolute atomic E-state index is 6.19. The van der Waals surface area contributed by atoms with Crippen molar-refractivity contribution >= 4 is 15.9 Å². The van der Waals surface area contributed by atoms with E-state index in [0.29, 0.717) is 0 Å². The van der Waals surface area contributed by atoms with Crippen LogP contribution in [-0.4, -0.2) is 0 Å². The molecule has 2 N–H and O–H groups in total. The quantitative estimate of drug-likeness (QED) is 0.865. The second kappa shape index (κ2) is 5.34. The Balaban J connectivity index is 2.27. The highest BCUT2D eigenvalue weighted by Crippen LogP contribution is 2.30. The molecule has 0 saturated heterocycles. The highest BCUT2D eigenvalue weighted by molar-refractivity contribution is 9.10. The molecule has 2 atom stereocenters. The van der Waals surface area contributed by atoms with E-state index in [0.717, 1.165) is 15.8 Å². The number of benzene rings is 1. The third kappa shape index (κ3) is 2.68. The van der Waals surface area contributed by atoms with E-state index in [-0.39, 0.29) is 12.0 Å². The summed E-state index contributed by atoms with van der Waals surface area (Å²) in [5, 5.41) is 0. The van der Waals surface area contributed by atoms with Crippen molar-refractivity contribution in [2.75, 3.05) is 0 Å². The van der Waals surface area contributed by atoms with Gasteiger partial charge in [0.15, 0.2) is 0 Å². The Morgan fingerprint density at radius 3 is 2.47 bits per heavy atom. The summed E-state index contributed by atoms with van der Waals surface area (Å²) in [6.45, 7) is 3.86. The molecule has 0 saturated carbocycles. The average molecular weight is 292 g/mol. The van der Waals surface area contributed by atoms with Gasteiger partial charge in [0.1, 0.15) is 5.76 Å². The number of nitrogens with two attached hydrogens (primary N) is 1. The first kappa shape index (κ1) is 12.1. The van der Waals surface area contributed by atoms with Gasteiger partial charge in [0.2, 0.25) is 0 Å². The van der Waals surface area contributed by atoms with Crippen molar-refractivity contribution in [3.05, 3.63) is 71.1 Å². The van der Waals surface area contributed by atoms with Gasteiger partial charge in [-0.05, 0) is 29.8 Å². The second-order valence-electron chi connectivity index (χ2n) is 3.85. The van der Waals surface area contributed by atoms with Gasteiger partial charge in [-0.3, -0.25) is 0 Å². The summed E-state index contributed by atoms with van der Waals surface area (Å²) in [7, 11) is 0. The lowest BCUT2D eigenvalue weighted by Crippen LogP contribution is -2.17. The molecule has 0 unspecified atom stereocenters. The first-order valence-electron chi connectivity index (χ1n) is 5.39. The van der Waals surface area contributed by atoms with Gasteiger partial charge in [0.05, 0.1) is 12.3 Å². The zero-order chi connectivity index (χ0) is 12.3. The van der Waals surface area contributed by atoms with Crippen LogP contribution < -0.4 is 5.73 Å². The Hall–Kier alpha value is -1.32. The van der Waals surface area contributed by atoms with Gasteiger partial charge in [-0.1, -0.05) is 34.1 Å². The SMILES string of the molecule is C=C[C@@H](c1ccc(Br)cc1)[C@H](N)c1ccco1. The normalized spacial score (nSPS) is 14.2. The number of hydrogen-bond acceptors (Lipinski definition) is 2. The van der Waals surface area contributed by atoms with Crippen LogP contribution in [0.5, 0.6) is 0 Å². The number of halogens is 1. The molecule has 0 radical (unpaired) electrons. The zero-order valence-corrected chi connectivity index (χ0v) is 10.9. The summed E-state index contributed by atoms with van der Waals surface area (Å²) in [5.41, 5.74) is 7.32. The third-order valence-electron chi connectivity index (χ3n) is 2.77. The molecule has 0 aliphatic heterocycles. The van der Waals surface area contributed by atoms with Gasteiger partial charge in [-0.25, -0.2) is 0 Å². The van der Waals surface area contributed by atoms with Crippen LogP contribution in [-0.2, 0) is 0 Å². The van der Waals surface area contributed by atoms with Crippen LogP contribution in [0.15, 0.2) is 64.2 Å². The summed E-state index contributed by atoms with van der Waals surface area (Å²) in [5.74, 6) is 0.826. The van der Waals surface area contributed by atoms with Crippen LogP contribution in [0.2, 0.25) is 0 Å². The van der Waals surface area contributed by atoms with E-state index in [1.165, 1.54) is 0 Å². The molecular formula is C14H14BrNO. The van der Waals surface area contributed by atoms with Crippen molar-refractivity contribution in [1.29, 1.82) is 0 Å². The molecule has 1 heterocycles. The van der Waals surface area contributed by atoms with E-state index in [4.69, 9.17) is 10.2 Å². The molecule has 0 bridgehead atoms. The largest absolute Gasteiger partial charge is 0.468 e. The first-order valence-corrected chi connectivity index (χ1v) is 6.18. The van der Waals surface area contributed by atoms with E-state index >= 15 is 0 Å². The molecule has 0 aliphatic carbocycles. The molecule has 2 nitrogen and oxygen atoms in total. The van der Waals surface area contributed by atoms with Gasteiger partial charge in [-0.15, -0.1) is 6.58 Å². The molecule has 0 aliphatic rings. The summed E-state index contributed by atoms with van der Waals surface area (Å²) in [4.78, 5) is 0. The van der Waals surface area contributed by atoms with Gasteiger partial charge in [0.25, 0.3) is 0 Å². The predicted molar refractivity (Wildman–Crippen MR) is 72.7 cm³/mol. The Kier molecular flexibility index (Phi) is 3.82. The maximum atomic E-state index is 6.19. The summed E-state index contributed by atoms with van der Waals surface area (Å²) in [6, 6.07) is 11.6. The average Bonchev–Trinajstić information content (AvgIpc) is 2.86. The second-order valence-corrected chi connectivity index (χ2v) is 4.77. The van der Waals surface area contributed by atoms with Crippen molar-refractivity contribution < 1.29 is 4.42 Å². The van der Waals surface area contributed by atoms with Crippen molar-refractivity contribution in [2.24, 2.45) is 5.73 Å². The van der Waals surface area contributed by atoms with Crippen molar-refractivity contribution in [2.45, 2.75) is 12.0 Å². The minimum absolute atomic E-state index is 0.0502. The van der Waals surface area contributed by atoms with Gasteiger partial charge in [0, 0.05) is 10.4 Å². The monoisotopic (exact) mass is 291 g/mol. The minimum Gasteiger partial charge on any atom is -0.468 e. The van der Waals surface area contributed by atoms with E-state index < -0.39 is 0 Å². The van der Waals surface area contributed by atoms with Gasteiger partial charge >= 0.3 is 0 Å². The minimum atomic E-state index is -0.205. The van der Waals surface area contributed by atoms with Gasteiger partial charge in [-0.2, -0.15) is 0 Å². The lowest BCUT2D eigenvalue weighted by atomic mass is 9.91. The highest BCUT2D eigenvalue weighted by Gasteiger charge is 2.20. The Morgan fingerprint density at radius 1 is 1.24 bits per heavy atom. The van der Waals surface area contributed by atoms with Crippen LogP contribution in [0.3, 0.4) is 0 Å². The predicted octanol–water partition coefficient (Wildman–Crippen LogP) is 4.01. The summed E-state index contributed by atoms with van der Waals surface area (Å²) < 4.78 is 6.39. The molecule has 88 valence electrons. The molecule has 0 amide bonds. The van der Waals surface area contributed by atoms with Crippen LogP contribution in [0.25, 0.3) is 0 Å². The van der Waals surface area contributed by atoms with Gasteiger partial charge < -0.3 is 10.2 Å². The molecular weight excluding hydrogens is 278 g/mol. The lowest BCUT2D eigenvalue weighted by Gasteiger charge is -2.19. The molecule has 0 fully saturated rings. The fourth-order valence-corrected chi connectivity index (χ4v) is 2.10. The van der Waals surface area contributed by atoms with E-state index in [1.54, 1.807) is 6.26 Å². The number of furan rings is 1. The third-order valence-corrected chi connectivity index (χ3v) is 3.30. The summed E-state index contributed by atoms with van der Waals surface area (Å²) in [6.07, 6.45) is 3.49. The molecule has 1 aromatic heterocycles. The summed E-state index contributed by atoms with van der Waals surface area (Å²) >= 11 is 3.42. The number of rotatable bonds is 4. The maximum Gasteiger partial charge on any atom is 0.121 e. The molecule has 1 aromatic carbocycles. The fraction of sp³-hybridized carbons (Fsp3) is 0.143. The smallest absolute Gasteiger partial charge is 0.121 e. The molecule has 2 rings (SSSR count). The first-order chi connectivity index (χ1) is 8.22. The molecule has 17 heavy (non-hydrogen) atoms. The van der Waals surface area contributed by atoms with Crippen molar-refractivity contribution in [1.82, 2.24) is 0 Å². The van der Waals surface area contributed by atoms with Crippen LogP contribution in [0, 0.1) is 0 Å². The van der Waals surface area contributed by atoms with Crippen LogP contribution in [0.1, 0.15) is 23.3 Å². The number of hydrogen-bond donors (Lipinski definition) is 1. The molecule has 0 spiro atoms. The Labute approximate surface area is 109 Å². The Morgan fingerprint density at radius 2 is 1.94 bits per heavy atom. The zero-order valence-electron chi connectivity index (χ0n) is 9.34. The van der Waals surface area contributed by atoms with E-state index in [1.807, 2.05) is 42.5 Å².